The number of aliphatic hydroxyl groups excluding tert-OH is 1. The number of aliphatic carboxylic acids is 1. The smallest absolute Gasteiger partial charge is 0.306 e. The highest BCUT2D eigenvalue weighted by Gasteiger charge is 2.34. The van der Waals surface area contributed by atoms with Crippen LogP contribution in [0.2, 0.25) is 0 Å². The SMILES string of the molecule is O=C(O)C1CCN(C(=O)C2CC(O)CN2)CC1. The molecule has 6 nitrogen and oxygen atoms in total. The van der Waals surface area contributed by atoms with Gasteiger partial charge in [0.2, 0.25) is 5.91 Å². The average molecular weight is 242 g/mol. The first-order valence-corrected chi connectivity index (χ1v) is 6.01. The number of carboxylic acid groups (broad SMARTS) is 1. The van der Waals surface area contributed by atoms with Crippen LogP contribution in [0.3, 0.4) is 0 Å². The van der Waals surface area contributed by atoms with E-state index in [-0.39, 0.29) is 17.9 Å². The predicted molar refractivity (Wildman–Crippen MR) is 59.4 cm³/mol. The number of hydrogen-bond acceptors (Lipinski definition) is 4. The molecule has 1 amide bonds. The fourth-order valence-electron chi connectivity index (χ4n) is 2.47. The number of carbonyl (C=O) groups excluding carboxylic acids is 1. The Labute approximate surface area is 99.6 Å². The molecule has 0 spiro atoms. The minimum atomic E-state index is -0.772. The van der Waals surface area contributed by atoms with Crippen LogP contribution >= 0.6 is 0 Å². The minimum absolute atomic E-state index is 0.00890. The lowest BCUT2D eigenvalue weighted by molar-refractivity contribution is -0.146. The van der Waals surface area contributed by atoms with E-state index in [9.17, 15) is 14.7 Å². The third kappa shape index (κ3) is 2.76. The van der Waals surface area contributed by atoms with Gasteiger partial charge in [0.05, 0.1) is 18.1 Å². The third-order valence-corrected chi connectivity index (χ3v) is 3.56. The fourth-order valence-corrected chi connectivity index (χ4v) is 2.47. The molecule has 96 valence electrons. The van der Waals surface area contributed by atoms with Crippen molar-refractivity contribution in [2.45, 2.75) is 31.4 Å². The number of carbonyl (C=O) groups is 2. The second-order valence-corrected chi connectivity index (χ2v) is 4.79. The first-order valence-electron chi connectivity index (χ1n) is 6.01. The molecule has 2 heterocycles. The molecule has 2 aliphatic rings. The van der Waals surface area contributed by atoms with E-state index in [1.807, 2.05) is 0 Å². The fraction of sp³-hybridized carbons (Fsp3) is 0.818. The molecule has 2 atom stereocenters. The summed E-state index contributed by atoms with van der Waals surface area (Å²) in [6, 6.07) is -0.300. The van der Waals surface area contributed by atoms with Gasteiger partial charge in [0.1, 0.15) is 0 Å². The number of nitrogens with zero attached hydrogens (tertiary/aromatic N) is 1. The Hall–Kier alpha value is -1.14. The lowest BCUT2D eigenvalue weighted by Crippen LogP contribution is -2.47. The van der Waals surface area contributed by atoms with Crippen LogP contribution in [0.4, 0.5) is 0 Å². The van der Waals surface area contributed by atoms with Gasteiger partial charge in [-0.1, -0.05) is 0 Å². The van der Waals surface area contributed by atoms with Crippen LogP contribution in [-0.2, 0) is 9.59 Å². The molecule has 0 radical (unpaired) electrons. The van der Waals surface area contributed by atoms with Crippen molar-refractivity contribution in [3.05, 3.63) is 0 Å². The van der Waals surface area contributed by atoms with Crippen molar-refractivity contribution < 1.29 is 19.8 Å². The largest absolute Gasteiger partial charge is 0.481 e. The molecule has 2 fully saturated rings. The molecule has 2 saturated heterocycles. The van der Waals surface area contributed by atoms with Crippen molar-refractivity contribution in [2.75, 3.05) is 19.6 Å². The molecule has 0 aromatic carbocycles. The molecule has 2 aliphatic heterocycles. The summed E-state index contributed by atoms with van der Waals surface area (Å²) < 4.78 is 0. The number of likely N-dealkylation sites (tertiary alicyclic amines) is 1. The molecule has 0 bridgehead atoms. The third-order valence-electron chi connectivity index (χ3n) is 3.56. The van der Waals surface area contributed by atoms with Gasteiger partial charge in [0.25, 0.3) is 0 Å². The molecule has 2 rings (SSSR count). The lowest BCUT2D eigenvalue weighted by Gasteiger charge is -2.31. The maximum absolute atomic E-state index is 12.0. The topological polar surface area (TPSA) is 89.9 Å². The zero-order valence-corrected chi connectivity index (χ0v) is 9.63. The van der Waals surface area contributed by atoms with E-state index in [2.05, 4.69) is 5.32 Å². The van der Waals surface area contributed by atoms with Gasteiger partial charge in [-0.2, -0.15) is 0 Å². The number of nitrogens with one attached hydrogen (secondary N) is 1. The number of carboxylic acids is 1. The van der Waals surface area contributed by atoms with E-state index in [0.717, 1.165) is 0 Å². The van der Waals surface area contributed by atoms with Gasteiger partial charge in [0, 0.05) is 19.6 Å². The molecule has 0 saturated carbocycles. The first-order chi connectivity index (χ1) is 8.08. The maximum atomic E-state index is 12.0. The summed E-state index contributed by atoms with van der Waals surface area (Å²) in [7, 11) is 0. The minimum Gasteiger partial charge on any atom is -0.481 e. The van der Waals surface area contributed by atoms with Gasteiger partial charge in [-0.05, 0) is 19.3 Å². The Kier molecular flexibility index (Phi) is 3.63. The van der Waals surface area contributed by atoms with E-state index in [4.69, 9.17) is 5.11 Å². The molecule has 2 unspecified atom stereocenters. The molecule has 0 aliphatic carbocycles. The highest BCUT2D eigenvalue weighted by Crippen LogP contribution is 2.19. The van der Waals surface area contributed by atoms with Crippen molar-refractivity contribution in [1.29, 1.82) is 0 Å². The molecule has 6 heteroatoms. The molecular formula is C11H18N2O4. The van der Waals surface area contributed by atoms with Crippen LogP contribution in [-0.4, -0.2) is 58.8 Å². The van der Waals surface area contributed by atoms with Crippen LogP contribution < -0.4 is 5.32 Å². The van der Waals surface area contributed by atoms with E-state index in [1.54, 1.807) is 4.90 Å². The van der Waals surface area contributed by atoms with Crippen LogP contribution in [0.15, 0.2) is 0 Å². The summed E-state index contributed by atoms with van der Waals surface area (Å²) in [6.45, 7) is 1.47. The van der Waals surface area contributed by atoms with E-state index in [0.29, 0.717) is 38.9 Å². The number of aliphatic hydroxyl groups is 1. The summed E-state index contributed by atoms with van der Waals surface area (Å²) in [6.07, 6.45) is 1.06. The van der Waals surface area contributed by atoms with Crippen LogP contribution in [0.25, 0.3) is 0 Å². The maximum Gasteiger partial charge on any atom is 0.306 e. The number of β-amino-alcohol motifs (C(OH)–C–C–N with tert-alkyl or cyclic N) is 1. The Bertz CT molecular complexity index is 313. The highest BCUT2D eigenvalue weighted by atomic mass is 16.4. The Morgan fingerprint density at radius 3 is 2.35 bits per heavy atom. The van der Waals surface area contributed by atoms with Crippen LogP contribution in [0, 0.1) is 5.92 Å². The van der Waals surface area contributed by atoms with Crippen molar-refractivity contribution in [3.63, 3.8) is 0 Å². The van der Waals surface area contributed by atoms with Gasteiger partial charge >= 0.3 is 5.97 Å². The van der Waals surface area contributed by atoms with Crippen LogP contribution in [0.5, 0.6) is 0 Å². The standard InChI is InChI=1S/C11H18N2O4/c14-8-5-9(12-6-8)10(15)13-3-1-7(2-4-13)11(16)17/h7-9,12,14H,1-6H2,(H,16,17). The number of piperidine rings is 1. The second-order valence-electron chi connectivity index (χ2n) is 4.79. The Morgan fingerprint density at radius 2 is 1.88 bits per heavy atom. The van der Waals surface area contributed by atoms with Gasteiger partial charge in [-0.15, -0.1) is 0 Å². The first kappa shape index (κ1) is 12.3. The quantitative estimate of drug-likeness (QED) is 0.580. The van der Waals surface area contributed by atoms with Gasteiger partial charge in [-0.25, -0.2) is 0 Å². The summed E-state index contributed by atoms with van der Waals surface area (Å²) in [5.74, 6) is -1.10. The van der Waals surface area contributed by atoms with Gasteiger partial charge in [0.15, 0.2) is 0 Å². The van der Waals surface area contributed by atoms with Crippen molar-refractivity contribution in [2.24, 2.45) is 5.92 Å². The van der Waals surface area contributed by atoms with Crippen LogP contribution in [0.1, 0.15) is 19.3 Å². The second kappa shape index (κ2) is 5.01. The normalized spacial score (nSPS) is 30.5. The Morgan fingerprint density at radius 1 is 1.24 bits per heavy atom. The Balaban J connectivity index is 1.84. The zero-order chi connectivity index (χ0) is 12.4. The number of amides is 1. The van der Waals surface area contributed by atoms with Gasteiger partial charge < -0.3 is 20.4 Å². The predicted octanol–water partition coefficient (Wildman–Crippen LogP) is -0.968. The average Bonchev–Trinajstić information content (AvgIpc) is 2.75. The molecule has 0 aromatic rings. The van der Waals surface area contributed by atoms with Gasteiger partial charge in [-0.3, -0.25) is 9.59 Å². The van der Waals surface area contributed by atoms with E-state index < -0.39 is 12.1 Å². The molecule has 0 aromatic heterocycles. The van der Waals surface area contributed by atoms with E-state index >= 15 is 0 Å². The lowest BCUT2D eigenvalue weighted by atomic mass is 9.96. The van der Waals surface area contributed by atoms with Crippen molar-refractivity contribution in [3.8, 4) is 0 Å². The van der Waals surface area contributed by atoms with Crippen molar-refractivity contribution in [1.82, 2.24) is 10.2 Å². The molecule has 3 N–H and O–H groups in total. The summed E-state index contributed by atoms with van der Waals surface area (Å²) in [5.41, 5.74) is 0. The summed E-state index contributed by atoms with van der Waals surface area (Å²) in [4.78, 5) is 24.5. The highest BCUT2D eigenvalue weighted by molar-refractivity contribution is 5.82. The monoisotopic (exact) mass is 242 g/mol. The zero-order valence-electron chi connectivity index (χ0n) is 9.63. The molecular weight excluding hydrogens is 224 g/mol. The van der Waals surface area contributed by atoms with Crippen molar-refractivity contribution >= 4 is 11.9 Å². The van der Waals surface area contributed by atoms with E-state index in [1.165, 1.54) is 0 Å². The molecule has 17 heavy (non-hydrogen) atoms. The number of rotatable bonds is 2. The number of hydrogen-bond donors (Lipinski definition) is 3. The summed E-state index contributed by atoms with van der Waals surface area (Å²) in [5, 5.41) is 21.2. The summed E-state index contributed by atoms with van der Waals surface area (Å²) >= 11 is 0.